The lowest BCUT2D eigenvalue weighted by Gasteiger charge is -2.24. The highest BCUT2D eigenvalue weighted by Crippen LogP contribution is 2.35. The molecule has 3 rings (SSSR count). The molecule has 0 aliphatic heterocycles. The van der Waals surface area contributed by atoms with Gasteiger partial charge in [0.2, 0.25) is 0 Å². The molecule has 0 radical (unpaired) electrons. The minimum atomic E-state index is 0.561. The Hall–Kier alpha value is -0.730. The molecule has 4 heteroatoms. The molecule has 1 saturated carbocycles. The van der Waals surface area contributed by atoms with Crippen molar-refractivity contribution in [2.45, 2.75) is 38.5 Å². The van der Waals surface area contributed by atoms with Crippen LogP contribution in [0.1, 0.15) is 44.3 Å². The average Bonchev–Trinajstić information content (AvgIpc) is 2.73. The number of hydrogen-bond donors (Lipinski definition) is 1. The molecular formula is C14H16Cl2N2. The topological polar surface area (TPSA) is 28.7 Å². The normalized spacial score (nSPS) is 24.6. The Balaban J connectivity index is 1.93. The maximum atomic E-state index is 6.02. The Morgan fingerprint density at radius 1 is 1.11 bits per heavy atom. The number of halogens is 2. The van der Waals surface area contributed by atoms with E-state index in [1.54, 1.807) is 0 Å². The molecule has 0 unspecified atom stereocenters. The number of H-pyrrole nitrogens is 1. The monoisotopic (exact) mass is 282 g/mol. The second-order valence-electron chi connectivity index (χ2n) is 5.36. The van der Waals surface area contributed by atoms with E-state index in [4.69, 9.17) is 23.2 Å². The molecule has 0 atom stereocenters. The summed E-state index contributed by atoms with van der Waals surface area (Å²) in [5, 5.41) is 1.15. The van der Waals surface area contributed by atoms with Crippen LogP contribution in [-0.2, 0) is 0 Å². The van der Waals surface area contributed by atoms with Gasteiger partial charge in [0, 0.05) is 5.92 Å². The van der Waals surface area contributed by atoms with Crippen LogP contribution >= 0.6 is 23.2 Å². The van der Waals surface area contributed by atoms with E-state index in [1.807, 2.05) is 12.1 Å². The van der Waals surface area contributed by atoms with Crippen molar-refractivity contribution in [3.63, 3.8) is 0 Å². The first-order valence-electron chi connectivity index (χ1n) is 6.48. The number of imidazole rings is 1. The lowest BCUT2D eigenvalue weighted by atomic mass is 9.83. The predicted molar refractivity (Wildman–Crippen MR) is 76.5 cm³/mol. The van der Waals surface area contributed by atoms with Crippen molar-refractivity contribution in [2.75, 3.05) is 0 Å². The maximum Gasteiger partial charge on any atom is 0.110 e. The lowest BCUT2D eigenvalue weighted by molar-refractivity contribution is 0.341. The summed E-state index contributed by atoms with van der Waals surface area (Å²) >= 11 is 12.0. The van der Waals surface area contributed by atoms with Crippen molar-refractivity contribution in [3.8, 4) is 0 Å². The van der Waals surface area contributed by atoms with Crippen LogP contribution in [0.2, 0.25) is 10.0 Å². The molecule has 2 nitrogen and oxygen atoms in total. The SMILES string of the molecule is CC1CCC(c2nc3cc(Cl)c(Cl)cc3[nH]2)CC1. The number of aromatic amines is 1. The van der Waals surface area contributed by atoms with Crippen LogP contribution in [0.5, 0.6) is 0 Å². The summed E-state index contributed by atoms with van der Waals surface area (Å²) < 4.78 is 0. The van der Waals surface area contributed by atoms with Crippen molar-refractivity contribution in [1.29, 1.82) is 0 Å². The molecule has 96 valence electrons. The van der Waals surface area contributed by atoms with Gasteiger partial charge in [-0.3, -0.25) is 0 Å². The van der Waals surface area contributed by atoms with Gasteiger partial charge in [0.05, 0.1) is 21.1 Å². The smallest absolute Gasteiger partial charge is 0.110 e. The summed E-state index contributed by atoms with van der Waals surface area (Å²) in [7, 11) is 0. The minimum absolute atomic E-state index is 0.561. The van der Waals surface area contributed by atoms with Crippen LogP contribution in [0, 0.1) is 5.92 Å². The third-order valence-electron chi connectivity index (χ3n) is 3.94. The zero-order valence-electron chi connectivity index (χ0n) is 10.3. The summed E-state index contributed by atoms with van der Waals surface area (Å²) in [5.74, 6) is 2.51. The Morgan fingerprint density at radius 3 is 2.50 bits per heavy atom. The standard InChI is InChI=1S/C14H16Cl2N2/c1-8-2-4-9(5-3-8)14-17-12-6-10(15)11(16)7-13(12)18-14/h6-9H,2-5H2,1H3,(H,17,18). The number of nitrogens with zero attached hydrogens (tertiary/aromatic N) is 1. The first kappa shape index (κ1) is 12.3. The van der Waals surface area contributed by atoms with Gasteiger partial charge in [-0.15, -0.1) is 0 Å². The fraction of sp³-hybridized carbons (Fsp3) is 0.500. The van der Waals surface area contributed by atoms with E-state index in [2.05, 4.69) is 16.9 Å². The highest BCUT2D eigenvalue weighted by Gasteiger charge is 2.22. The molecule has 1 aliphatic rings. The van der Waals surface area contributed by atoms with Gasteiger partial charge in [-0.25, -0.2) is 4.98 Å². The number of rotatable bonds is 1. The van der Waals surface area contributed by atoms with E-state index in [0.29, 0.717) is 16.0 Å². The van der Waals surface area contributed by atoms with Crippen molar-refractivity contribution < 1.29 is 0 Å². The molecule has 0 amide bonds. The van der Waals surface area contributed by atoms with E-state index in [0.717, 1.165) is 22.8 Å². The predicted octanol–water partition coefficient (Wildman–Crippen LogP) is 5.16. The number of fused-ring (bicyclic) bond motifs is 1. The van der Waals surface area contributed by atoms with Crippen LogP contribution in [0.15, 0.2) is 12.1 Å². The number of nitrogens with one attached hydrogen (secondary N) is 1. The maximum absolute atomic E-state index is 6.02. The fourth-order valence-corrected chi connectivity index (χ4v) is 3.07. The van der Waals surface area contributed by atoms with Gasteiger partial charge >= 0.3 is 0 Å². The number of aromatic nitrogens is 2. The summed E-state index contributed by atoms with van der Waals surface area (Å²) in [6.45, 7) is 2.33. The summed E-state index contributed by atoms with van der Waals surface area (Å²) in [4.78, 5) is 8.06. The van der Waals surface area contributed by atoms with Gasteiger partial charge in [0.15, 0.2) is 0 Å². The van der Waals surface area contributed by atoms with E-state index < -0.39 is 0 Å². The van der Waals surface area contributed by atoms with Gasteiger partial charge < -0.3 is 4.98 Å². The Kier molecular flexibility index (Phi) is 3.25. The van der Waals surface area contributed by atoms with E-state index in [1.165, 1.54) is 25.7 Å². The Bertz CT molecular complexity index is 529. The average molecular weight is 283 g/mol. The fourth-order valence-electron chi connectivity index (χ4n) is 2.75. The van der Waals surface area contributed by atoms with Crippen molar-refractivity contribution in [2.24, 2.45) is 5.92 Å². The first-order valence-corrected chi connectivity index (χ1v) is 7.23. The second kappa shape index (κ2) is 4.75. The summed E-state index contributed by atoms with van der Waals surface area (Å²) in [6, 6.07) is 3.70. The Labute approximate surface area is 117 Å². The highest BCUT2D eigenvalue weighted by atomic mass is 35.5. The quantitative estimate of drug-likeness (QED) is 0.769. The van der Waals surface area contributed by atoms with Crippen LogP contribution in [0.4, 0.5) is 0 Å². The highest BCUT2D eigenvalue weighted by molar-refractivity contribution is 6.42. The van der Waals surface area contributed by atoms with Crippen LogP contribution in [-0.4, -0.2) is 9.97 Å². The molecule has 1 aromatic heterocycles. The van der Waals surface area contributed by atoms with Crippen LogP contribution in [0.25, 0.3) is 11.0 Å². The van der Waals surface area contributed by atoms with Gasteiger partial charge in [0.1, 0.15) is 5.82 Å². The largest absolute Gasteiger partial charge is 0.342 e. The molecular weight excluding hydrogens is 267 g/mol. The third kappa shape index (κ3) is 2.24. The first-order chi connectivity index (χ1) is 8.63. The molecule has 0 bridgehead atoms. The number of benzene rings is 1. The van der Waals surface area contributed by atoms with E-state index in [-0.39, 0.29) is 0 Å². The van der Waals surface area contributed by atoms with Gasteiger partial charge in [0.25, 0.3) is 0 Å². The zero-order valence-corrected chi connectivity index (χ0v) is 11.9. The molecule has 18 heavy (non-hydrogen) atoms. The van der Waals surface area contributed by atoms with E-state index >= 15 is 0 Å². The van der Waals surface area contributed by atoms with Gasteiger partial charge in [-0.1, -0.05) is 43.0 Å². The van der Waals surface area contributed by atoms with Crippen LogP contribution < -0.4 is 0 Å². The molecule has 0 spiro atoms. The van der Waals surface area contributed by atoms with Crippen molar-refractivity contribution in [3.05, 3.63) is 28.0 Å². The molecule has 1 fully saturated rings. The van der Waals surface area contributed by atoms with Gasteiger partial charge in [-0.2, -0.15) is 0 Å². The molecule has 1 aliphatic carbocycles. The molecule has 0 saturated heterocycles. The van der Waals surface area contributed by atoms with Crippen LogP contribution in [0.3, 0.4) is 0 Å². The summed E-state index contributed by atoms with van der Waals surface area (Å²) in [5.41, 5.74) is 1.90. The molecule has 1 N–H and O–H groups in total. The zero-order chi connectivity index (χ0) is 12.7. The second-order valence-corrected chi connectivity index (χ2v) is 6.18. The number of hydrogen-bond acceptors (Lipinski definition) is 1. The van der Waals surface area contributed by atoms with E-state index in [9.17, 15) is 0 Å². The Morgan fingerprint density at radius 2 is 1.78 bits per heavy atom. The molecule has 1 aromatic carbocycles. The minimum Gasteiger partial charge on any atom is -0.342 e. The van der Waals surface area contributed by atoms with Crippen molar-refractivity contribution >= 4 is 34.2 Å². The van der Waals surface area contributed by atoms with Gasteiger partial charge in [-0.05, 0) is 30.9 Å². The lowest BCUT2D eigenvalue weighted by Crippen LogP contribution is -2.11. The molecule has 1 heterocycles. The summed E-state index contributed by atoms with van der Waals surface area (Å²) in [6.07, 6.45) is 5.04. The van der Waals surface area contributed by atoms with Crippen molar-refractivity contribution in [1.82, 2.24) is 9.97 Å². The molecule has 2 aromatic rings. The third-order valence-corrected chi connectivity index (χ3v) is 4.67.